The zero-order valence-electron chi connectivity index (χ0n) is 17.6. The highest BCUT2D eigenvalue weighted by atomic mass is 32.1. The maximum absolute atomic E-state index is 13.1. The van der Waals surface area contributed by atoms with E-state index in [-0.39, 0.29) is 17.8 Å². The van der Waals surface area contributed by atoms with Gasteiger partial charge in [0, 0.05) is 5.69 Å². The SMILES string of the molecule is COc1ccc(NC(=O)Cn2c(=O)n(CC(=O)NCc3ccco3)c(=O)c3sccc32)cc1. The highest BCUT2D eigenvalue weighted by Crippen LogP contribution is 2.17. The van der Waals surface area contributed by atoms with Crippen molar-refractivity contribution in [1.29, 1.82) is 0 Å². The molecule has 3 aromatic heterocycles. The van der Waals surface area contributed by atoms with Crippen LogP contribution in [-0.4, -0.2) is 28.1 Å². The lowest BCUT2D eigenvalue weighted by atomic mass is 10.3. The number of furan rings is 1. The zero-order valence-corrected chi connectivity index (χ0v) is 18.4. The molecule has 0 saturated heterocycles. The summed E-state index contributed by atoms with van der Waals surface area (Å²) in [6.07, 6.45) is 1.48. The molecule has 33 heavy (non-hydrogen) atoms. The predicted molar refractivity (Wildman–Crippen MR) is 123 cm³/mol. The van der Waals surface area contributed by atoms with Crippen LogP contribution < -0.4 is 26.6 Å². The number of amides is 2. The lowest BCUT2D eigenvalue weighted by Crippen LogP contribution is -2.44. The number of aromatic nitrogens is 2. The Morgan fingerprint density at radius 3 is 2.48 bits per heavy atom. The van der Waals surface area contributed by atoms with Gasteiger partial charge >= 0.3 is 5.69 Å². The van der Waals surface area contributed by atoms with E-state index in [0.29, 0.717) is 22.7 Å². The second kappa shape index (κ2) is 9.57. The van der Waals surface area contributed by atoms with Crippen molar-refractivity contribution in [3.63, 3.8) is 0 Å². The van der Waals surface area contributed by atoms with Gasteiger partial charge in [-0.1, -0.05) is 0 Å². The lowest BCUT2D eigenvalue weighted by Gasteiger charge is -2.12. The van der Waals surface area contributed by atoms with Crippen LogP contribution in [0.25, 0.3) is 10.2 Å². The Balaban J connectivity index is 1.56. The van der Waals surface area contributed by atoms with Gasteiger partial charge in [-0.3, -0.25) is 19.0 Å². The first-order valence-electron chi connectivity index (χ1n) is 9.90. The number of methoxy groups -OCH3 is 1. The molecule has 3 heterocycles. The van der Waals surface area contributed by atoms with Gasteiger partial charge in [0.1, 0.15) is 29.3 Å². The highest BCUT2D eigenvalue weighted by molar-refractivity contribution is 7.17. The molecule has 0 atom stereocenters. The number of fused-ring (bicyclic) bond motifs is 1. The predicted octanol–water partition coefficient (Wildman–Crippen LogP) is 1.78. The largest absolute Gasteiger partial charge is 0.497 e. The topological polar surface area (TPSA) is 125 Å². The quantitative estimate of drug-likeness (QED) is 0.406. The molecule has 1 aromatic carbocycles. The second-order valence-corrected chi connectivity index (χ2v) is 7.94. The van der Waals surface area contributed by atoms with Crippen molar-refractivity contribution < 1.29 is 18.7 Å². The number of ether oxygens (including phenoxy) is 1. The number of benzene rings is 1. The van der Waals surface area contributed by atoms with E-state index in [1.807, 2.05) is 0 Å². The van der Waals surface area contributed by atoms with E-state index in [1.54, 1.807) is 47.8 Å². The molecule has 0 saturated carbocycles. The zero-order chi connectivity index (χ0) is 23.4. The molecule has 0 aliphatic heterocycles. The number of hydrogen-bond donors (Lipinski definition) is 2. The van der Waals surface area contributed by atoms with E-state index in [1.165, 1.54) is 17.9 Å². The molecule has 0 unspecified atom stereocenters. The average Bonchev–Trinajstić information content (AvgIpc) is 3.51. The van der Waals surface area contributed by atoms with Crippen molar-refractivity contribution in [3.05, 3.63) is 80.7 Å². The van der Waals surface area contributed by atoms with Crippen LogP contribution >= 0.6 is 11.3 Å². The molecule has 4 rings (SSSR count). The van der Waals surface area contributed by atoms with Crippen LogP contribution in [0.2, 0.25) is 0 Å². The van der Waals surface area contributed by atoms with Gasteiger partial charge < -0.3 is 19.8 Å². The van der Waals surface area contributed by atoms with E-state index < -0.39 is 29.6 Å². The number of nitrogens with zero attached hydrogens (tertiary/aromatic N) is 2. The van der Waals surface area contributed by atoms with Crippen molar-refractivity contribution in [2.24, 2.45) is 0 Å². The number of rotatable bonds is 8. The fourth-order valence-corrected chi connectivity index (χ4v) is 4.09. The summed E-state index contributed by atoms with van der Waals surface area (Å²) in [5.74, 6) is 0.191. The lowest BCUT2D eigenvalue weighted by molar-refractivity contribution is -0.122. The second-order valence-electron chi connectivity index (χ2n) is 7.03. The number of hydrogen-bond acceptors (Lipinski definition) is 7. The molecule has 0 bridgehead atoms. The van der Waals surface area contributed by atoms with E-state index in [4.69, 9.17) is 9.15 Å². The molecule has 0 spiro atoms. The summed E-state index contributed by atoms with van der Waals surface area (Å²) in [7, 11) is 1.54. The molecule has 170 valence electrons. The minimum Gasteiger partial charge on any atom is -0.497 e. The van der Waals surface area contributed by atoms with Gasteiger partial charge in [0.2, 0.25) is 11.8 Å². The van der Waals surface area contributed by atoms with Crippen molar-refractivity contribution in [2.45, 2.75) is 19.6 Å². The third-order valence-corrected chi connectivity index (χ3v) is 5.75. The normalized spacial score (nSPS) is 10.8. The van der Waals surface area contributed by atoms with Gasteiger partial charge in [0.15, 0.2) is 0 Å². The van der Waals surface area contributed by atoms with Crippen LogP contribution in [0.4, 0.5) is 5.69 Å². The standard InChI is InChI=1S/C22H20N4O6S/c1-31-15-6-4-14(5-7-15)24-19(28)13-25-17-8-10-33-20(17)21(29)26(22(25)30)12-18(27)23-11-16-3-2-9-32-16/h2-10H,11-13H2,1H3,(H,23,27)(H,24,28). The summed E-state index contributed by atoms with van der Waals surface area (Å²) in [6, 6.07) is 11.7. The van der Waals surface area contributed by atoms with Gasteiger partial charge in [-0.2, -0.15) is 0 Å². The summed E-state index contributed by atoms with van der Waals surface area (Å²) in [5, 5.41) is 6.97. The first-order chi connectivity index (χ1) is 16.0. The van der Waals surface area contributed by atoms with Gasteiger partial charge in [-0.15, -0.1) is 11.3 Å². The molecule has 0 radical (unpaired) electrons. The number of anilines is 1. The summed E-state index contributed by atoms with van der Waals surface area (Å²) in [4.78, 5) is 50.9. The van der Waals surface area contributed by atoms with Gasteiger partial charge in [0.25, 0.3) is 5.56 Å². The highest BCUT2D eigenvalue weighted by Gasteiger charge is 2.18. The first-order valence-corrected chi connectivity index (χ1v) is 10.8. The Morgan fingerprint density at radius 1 is 1.03 bits per heavy atom. The van der Waals surface area contributed by atoms with E-state index >= 15 is 0 Å². The van der Waals surface area contributed by atoms with Crippen LogP contribution in [0.3, 0.4) is 0 Å². The van der Waals surface area contributed by atoms with E-state index in [2.05, 4.69) is 10.6 Å². The maximum atomic E-state index is 13.1. The van der Waals surface area contributed by atoms with Crippen molar-refractivity contribution in [2.75, 3.05) is 12.4 Å². The van der Waals surface area contributed by atoms with E-state index in [9.17, 15) is 19.2 Å². The number of nitrogens with one attached hydrogen (secondary N) is 2. The summed E-state index contributed by atoms with van der Waals surface area (Å²) in [6.45, 7) is -0.682. The van der Waals surface area contributed by atoms with Crippen molar-refractivity contribution in [1.82, 2.24) is 14.5 Å². The molecule has 2 amide bonds. The van der Waals surface area contributed by atoms with Gasteiger partial charge in [-0.05, 0) is 47.8 Å². The summed E-state index contributed by atoms with van der Waals surface area (Å²) >= 11 is 1.14. The molecule has 10 nitrogen and oxygen atoms in total. The first kappa shape index (κ1) is 22.1. The fraction of sp³-hybridized carbons (Fsp3) is 0.182. The van der Waals surface area contributed by atoms with Crippen LogP contribution in [0.1, 0.15) is 5.76 Å². The van der Waals surface area contributed by atoms with Crippen LogP contribution in [0, 0.1) is 0 Å². The third kappa shape index (κ3) is 4.88. The molecular weight excluding hydrogens is 448 g/mol. The van der Waals surface area contributed by atoms with Crippen molar-refractivity contribution >= 4 is 39.1 Å². The number of thiophene rings is 1. The Labute approximate surface area is 191 Å². The monoisotopic (exact) mass is 468 g/mol. The molecular formula is C22H20N4O6S. The van der Waals surface area contributed by atoms with Crippen molar-refractivity contribution in [3.8, 4) is 5.75 Å². The molecule has 0 fully saturated rings. The van der Waals surface area contributed by atoms with Gasteiger partial charge in [0.05, 0.1) is 25.4 Å². The van der Waals surface area contributed by atoms with E-state index in [0.717, 1.165) is 15.9 Å². The Kier molecular flexibility index (Phi) is 6.41. The van der Waals surface area contributed by atoms with Crippen LogP contribution in [-0.2, 0) is 29.2 Å². The Bertz CT molecular complexity index is 1400. The molecule has 2 N–H and O–H groups in total. The average molecular weight is 468 g/mol. The molecule has 0 aliphatic rings. The third-order valence-electron chi connectivity index (χ3n) is 4.85. The molecule has 4 aromatic rings. The van der Waals surface area contributed by atoms with Gasteiger partial charge in [-0.25, -0.2) is 9.36 Å². The minimum absolute atomic E-state index is 0.125. The molecule has 11 heteroatoms. The number of carbonyl (C=O) groups excluding carboxylic acids is 2. The number of carbonyl (C=O) groups is 2. The summed E-state index contributed by atoms with van der Waals surface area (Å²) < 4.78 is 12.5. The Morgan fingerprint density at radius 2 is 1.79 bits per heavy atom. The minimum atomic E-state index is -0.746. The summed E-state index contributed by atoms with van der Waals surface area (Å²) in [5.41, 5.74) is -0.456. The molecule has 0 aliphatic carbocycles. The maximum Gasteiger partial charge on any atom is 0.332 e. The van der Waals surface area contributed by atoms with Crippen LogP contribution in [0.15, 0.2) is 68.1 Å². The smallest absolute Gasteiger partial charge is 0.332 e. The fourth-order valence-electron chi connectivity index (χ4n) is 3.24. The van der Waals surface area contributed by atoms with Crippen LogP contribution in [0.5, 0.6) is 5.75 Å². The Hall–Kier alpha value is -4.12.